The van der Waals surface area contributed by atoms with Crippen LogP contribution in [0.15, 0.2) is 24.3 Å². The van der Waals surface area contributed by atoms with E-state index in [4.69, 9.17) is 4.74 Å². The van der Waals surface area contributed by atoms with Crippen LogP contribution < -0.4 is 10.1 Å². The van der Waals surface area contributed by atoms with Gasteiger partial charge in [-0.05, 0) is 30.9 Å². The molecule has 1 aliphatic heterocycles. The molecule has 0 radical (unpaired) electrons. The van der Waals surface area contributed by atoms with Crippen molar-refractivity contribution in [2.45, 2.75) is 32.2 Å². The number of nitrogens with zero attached hydrogens (tertiary/aromatic N) is 2. The Hall–Kier alpha value is -1.73. The van der Waals surface area contributed by atoms with E-state index in [0.717, 1.165) is 43.9 Å². The summed E-state index contributed by atoms with van der Waals surface area (Å²) in [5, 5.41) is 13.1. The lowest BCUT2D eigenvalue weighted by molar-refractivity contribution is 0.179. The number of piperidine rings is 1. The number of rotatable bonds is 5. The van der Waals surface area contributed by atoms with E-state index in [0.29, 0.717) is 5.92 Å². The molecule has 1 aromatic carbocycles. The summed E-state index contributed by atoms with van der Waals surface area (Å²) >= 11 is 0. The normalized spacial score (nSPS) is 18.2. The maximum atomic E-state index is 9.64. The van der Waals surface area contributed by atoms with E-state index in [-0.39, 0.29) is 0 Å². The van der Waals surface area contributed by atoms with Crippen molar-refractivity contribution in [1.82, 2.24) is 4.90 Å². The number of benzene rings is 1. The molecule has 0 spiro atoms. The molecular formula is C17H25N3O. The Labute approximate surface area is 127 Å². The van der Waals surface area contributed by atoms with Gasteiger partial charge in [0, 0.05) is 31.4 Å². The molecule has 0 saturated carbocycles. The molecule has 0 amide bonds. The van der Waals surface area contributed by atoms with Crippen molar-refractivity contribution in [1.29, 1.82) is 5.26 Å². The van der Waals surface area contributed by atoms with Gasteiger partial charge in [0.1, 0.15) is 11.3 Å². The van der Waals surface area contributed by atoms with E-state index in [1.807, 2.05) is 24.3 Å². The maximum Gasteiger partial charge on any atom is 0.127 e. The first-order valence-corrected chi connectivity index (χ1v) is 7.63. The van der Waals surface area contributed by atoms with Gasteiger partial charge in [0.05, 0.1) is 13.2 Å². The third kappa shape index (κ3) is 4.12. The zero-order chi connectivity index (χ0) is 15.3. The SMILES string of the molecule is COc1cccc(NC2(C#N)CCN(CC(C)C)CC2)c1. The van der Waals surface area contributed by atoms with Gasteiger partial charge in [-0.3, -0.25) is 0 Å². The van der Waals surface area contributed by atoms with E-state index < -0.39 is 5.54 Å². The Bertz CT molecular complexity index is 499. The molecule has 0 atom stereocenters. The highest BCUT2D eigenvalue weighted by atomic mass is 16.5. The molecule has 1 aliphatic rings. The smallest absolute Gasteiger partial charge is 0.127 e. The second-order valence-corrected chi connectivity index (χ2v) is 6.25. The summed E-state index contributed by atoms with van der Waals surface area (Å²) < 4.78 is 5.24. The second kappa shape index (κ2) is 6.82. The first-order chi connectivity index (χ1) is 10.1. The van der Waals surface area contributed by atoms with Crippen molar-refractivity contribution in [2.24, 2.45) is 5.92 Å². The fraction of sp³-hybridized carbons (Fsp3) is 0.588. The van der Waals surface area contributed by atoms with Gasteiger partial charge in [-0.25, -0.2) is 0 Å². The zero-order valence-corrected chi connectivity index (χ0v) is 13.2. The number of nitriles is 1. The number of likely N-dealkylation sites (tertiary alicyclic amines) is 1. The third-order valence-corrected chi connectivity index (χ3v) is 4.00. The summed E-state index contributed by atoms with van der Waals surface area (Å²) in [6.45, 7) is 7.54. The lowest BCUT2D eigenvalue weighted by Crippen LogP contribution is -2.49. The van der Waals surface area contributed by atoms with Crippen LogP contribution in [0, 0.1) is 17.2 Å². The summed E-state index contributed by atoms with van der Waals surface area (Å²) in [6, 6.07) is 10.3. The fourth-order valence-electron chi connectivity index (χ4n) is 2.88. The summed E-state index contributed by atoms with van der Waals surface area (Å²) in [5.74, 6) is 1.48. The van der Waals surface area contributed by atoms with Gasteiger partial charge in [-0.2, -0.15) is 5.26 Å². The van der Waals surface area contributed by atoms with Crippen LogP contribution in [-0.2, 0) is 0 Å². The molecule has 1 N–H and O–H groups in total. The molecule has 0 bridgehead atoms. The number of hydrogen-bond acceptors (Lipinski definition) is 4. The van der Waals surface area contributed by atoms with Crippen molar-refractivity contribution < 1.29 is 4.74 Å². The van der Waals surface area contributed by atoms with Crippen molar-refractivity contribution >= 4 is 5.69 Å². The van der Waals surface area contributed by atoms with Crippen molar-refractivity contribution in [3.05, 3.63) is 24.3 Å². The van der Waals surface area contributed by atoms with Crippen LogP contribution >= 0.6 is 0 Å². The predicted molar refractivity (Wildman–Crippen MR) is 85.5 cm³/mol. The number of ether oxygens (including phenoxy) is 1. The van der Waals surface area contributed by atoms with Crippen LogP contribution in [0.2, 0.25) is 0 Å². The van der Waals surface area contributed by atoms with Crippen LogP contribution in [0.25, 0.3) is 0 Å². The molecule has 1 saturated heterocycles. The molecule has 2 rings (SSSR count). The molecule has 1 heterocycles. The number of anilines is 1. The molecule has 1 aromatic rings. The summed E-state index contributed by atoms with van der Waals surface area (Å²) in [5.41, 5.74) is 0.494. The van der Waals surface area contributed by atoms with Gasteiger partial charge in [0.25, 0.3) is 0 Å². The van der Waals surface area contributed by atoms with E-state index in [1.54, 1.807) is 7.11 Å². The van der Waals surface area contributed by atoms with E-state index in [1.165, 1.54) is 0 Å². The molecule has 1 fully saturated rings. The van der Waals surface area contributed by atoms with E-state index >= 15 is 0 Å². The average molecular weight is 287 g/mol. The second-order valence-electron chi connectivity index (χ2n) is 6.25. The van der Waals surface area contributed by atoms with Gasteiger partial charge in [0.2, 0.25) is 0 Å². The van der Waals surface area contributed by atoms with Crippen molar-refractivity contribution in [2.75, 3.05) is 32.1 Å². The molecular weight excluding hydrogens is 262 g/mol. The maximum absolute atomic E-state index is 9.64. The van der Waals surface area contributed by atoms with Gasteiger partial charge < -0.3 is 15.0 Å². The minimum atomic E-state index is -0.458. The number of nitrogens with one attached hydrogen (secondary N) is 1. The highest BCUT2D eigenvalue weighted by Gasteiger charge is 2.34. The molecule has 4 heteroatoms. The monoisotopic (exact) mass is 287 g/mol. The van der Waals surface area contributed by atoms with Crippen molar-refractivity contribution in [3.8, 4) is 11.8 Å². The van der Waals surface area contributed by atoms with Crippen LogP contribution in [-0.4, -0.2) is 37.2 Å². The highest BCUT2D eigenvalue weighted by molar-refractivity contribution is 5.51. The lowest BCUT2D eigenvalue weighted by Gasteiger charge is -2.39. The van der Waals surface area contributed by atoms with Crippen LogP contribution in [0.1, 0.15) is 26.7 Å². The molecule has 114 valence electrons. The molecule has 0 aromatic heterocycles. The lowest BCUT2D eigenvalue weighted by atomic mass is 9.88. The Balaban J connectivity index is 2.01. The predicted octanol–water partition coefficient (Wildman–Crippen LogP) is 3.12. The first-order valence-electron chi connectivity index (χ1n) is 7.63. The Morgan fingerprint density at radius 1 is 1.38 bits per heavy atom. The minimum Gasteiger partial charge on any atom is -0.497 e. The number of methoxy groups -OCH3 is 1. The van der Waals surface area contributed by atoms with Crippen LogP contribution in [0.3, 0.4) is 0 Å². The topological polar surface area (TPSA) is 48.3 Å². The zero-order valence-electron chi connectivity index (χ0n) is 13.2. The Morgan fingerprint density at radius 3 is 2.67 bits per heavy atom. The van der Waals surface area contributed by atoms with Gasteiger partial charge >= 0.3 is 0 Å². The van der Waals surface area contributed by atoms with Crippen LogP contribution in [0.5, 0.6) is 5.75 Å². The third-order valence-electron chi connectivity index (χ3n) is 4.00. The first kappa shape index (κ1) is 15.7. The largest absolute Gasteiger partial charge is 0.497 e. The standard InChI is InChI=1S/C17H25N3O/c1-14(2)12-20-9-7-17(13-18,8-10-20)19-15-5-4-6-16(11-15)21-3/h4-6,11,14,19H,7-10,12H2,1-3H3. The molecule has 0 unspecified atom stereocenters. The molecule has 0 aliphatic carbocycles. The Kier molecular flexibility index (Phi) is 5.08. The van der Waals surface area contributed by atoms with Gasteiger partial charge in [0.15, 0.2) is 0 Å². The van der Waals surface area contributed by atoms with Crippen LogP contribution in [0.4, 0.5) is 5.69 Å². The average Bonchev–Trinajstić information content (AvgIpc) is 2.49. The van der Waals surface area contributed by atoms with E-state index in [9.17, 15) is 5.26 Å². The Morgan fingerprint density at radius 2 is 2.10 bits per heavy atom. The van der Waals surface area contributed by atoms with Gasteiger partial charge in [-0.15, -0.1) is 0 Å². The van der Waals surface area contributed by atoms with Crippen molar-refractivity contribution in [3.63, 3.8) is 0 Å². The number of hydrogen-bond donors (Lipinski definition) is 1. The fourth-order valence-corrected chi connectivity index (χ4v) is 2.88. The summed E-state index contributed by atoms with van der Waals surface area (Å²) in [4.78, 5) is 2.45. The molecule has 4 nitrogen and oxygen atoms in total. The highest BCUT2D eigenvalue weighted by Crippen LogP contribution is 2.28. The quantitative estimate of drug-likeness (QED) is 0.904. The van der Waals surface area contributed by atoms with E-state index in [2.05, 4.69) is 30.1 Å². The minimum absolute atomic E-state index is 0.458. The summed E-state index contributed by atoms with van der Waals surface area (Å²) in [6.07, 6.45) is 1.71. The molecule has 21 heavy (non-hydrogen) atoms. The van der Waals surface area contributed by atoms with Gasteiger partial charge in [-0.1, -0.05) is 19.9 Å². The summed E-state index contributed by atoms with van der Waals surface area (Å²) in [7, 11) is 1.66.